The Morgan fingerprint density at radius 2 is 0.797 bits per heavy atom. The standard InChI is InChI=1S/C6H5Cl2FN2O.C6H4ClF3N2O.C6H5ClF2N2O2.C6H5ClF2N2O.C6H4F4N2O.C6H5F3N2O2.FI2/c1-11-5(7)4(6(8)12)3(2-9)10-11;1-12-6(10)2(4(7)13)3(11-12)5(8)9;1-11-4(7)2(6(12)13)3(10-11)5(8)9;1-11-5(7)3(2-12)4(10-11)6(8)9;1-12-5(9)2(6(10)13)3(11-12)4(7)8;1-11-5(9)2(6(12)13)3(10-11)4(7)8;1-3-2/h2H2,1H3;5H,1H3;5H,1H3,(H,12,13);2,6H,1H3;4H,1H3;4H,1H3,(H,12,13);/q;;;;;;-1. The fourth-order valence-electron chi connectivity index (χ4n) is 5.12. The minimum atomic E-state index is -3.18. The third kappa shape index (κ3) is 20.0. The van der Waals surface area contributed by atoms with E-state index in [-0.39, 0.29) is 38.6 Å². The fourth-order valence-corrected chi connectivity index (χ4v) is 6.16. The number of nitrogens with zero attached hydrogens (tertiary/aromatic N) is 12. The molecule has 0 aliphatic carbocycles. The normalized spacial score (nSPS) is 10.6. The topological polar surface area (TPSA) is 250 Å². The van der Waals surface area contributed by atoms with Crippen LogP contribution in [0.25, 0.3) is 0 Å². The van der Waals surface area contributed by atoms with Crippen LogP contribution in [0.5, 0.6) is 0 Å². The van der Waals surface area contributed by atoms with Gasteiger partial charge in [-0.15, -0.1) is 0 Å². The van der Waals surface area contributed by atoms with Crippen LogP contribution < -0.4 is 17.8 Å². The van der Waals surface area contributed by atoms with Crippen LogP contribution in [0.15, 0.2) is 0 Å². The molecule has 0 aliphatic heterocycles. The monoisotopic (exact) mass is 1490 g/mol. The van der Waals surface area contributed by atoms with Gasteiger partial charge in [-0.2, -0.15) is 48.2 Å². The summed E-state index contributed by atoms with van der Waals surface area (Å²) in [5.41, 5.74) is -8.72. The summed E-state index contributed by atoms with van der Waals surface area (Å²) < 4.78 is 199. The Hall–Kier alpha value is -5.33. The number of aromatic carboxylic acids is 2. The van der Waals surface area contributed by atoms with E-state index < -0.39 is 154 Å². The van der Waals surface area contributed by atoms with Gasteiger partial charge in [0.2, 0.25) is 17.8 Å². The van der Waals surface area contributed by atoms with Gasteiger partial charge in [-0.05, 0) is 23.2 Å². The van der Waals surface area contributed by atoms with Crippen molar-refractivity contribution in [3.8, 4) is 0 Å². The molecule has 0 aromatic carbocycles. The van der Waals surface area contributed by atoms with Crippen molar-refractivity contribution in [2.45, 2.75) is 38.8 Å². The van der Waals surface area contributed by atoms with Crippen LogP contribution in [0.4, 0.5) is 68.7 Å². The molecule has 0 radical (unpaired) electrons. The molecule has 0 bridgehead atoms. The second-order valence-electron chi connectivity index (χ2n) is 13.4. The molecule has 0 aliphatic rings. The number of carboxylic acid groups (broad SMARTS) is 2. The summed E-state index contributed by atoms with van der Waals surface area (Å²) >= 11 is 27.4. The maximum absolute atomic E-state index is 12.9. The molecule has 6 rings (SSSR count). The summed E-state index contributed by atoms with van der Waals surface area (Å²) in [5, 5.41) is 34.0. The molecule has 6 aromatic heterocycles. The van der Waals surface area contributed by atoms with Crippen LogP contribution in [-0.4, -0.2) is 104 Å². The number of carbonyl (C=O) groups excluding carboxylic acids is 4. The van der Waals surface area contributed by atoms with Crippen LogP contribution in [-0.2, 0) is 49.0 Å². The van der Waals surface area contributed by atoms with E-state index in [0.29, 0.717) is 14.0 Å². The van der Waals surface area contributed by atoms with Gasteiger partial charge in [-0.25, -0.2) is 71.9 Å². The Balaban J connectivity index is 0.000000914. The van der Waals surface area contributed by atoms with E-state index in [1.54, 1.807) is 18.6 Å². The van der Waals surface area contributed by atoms with E-state index in [1.807, 2.05) is 0 Å². The molecule has 20 nitrogen and oxygen atoms in total. The van der Waals surface area contributed by atoms with E-state index in [4.69, 9.17) is 68.2 Å². The number of rotatable bonds is 12. The Labute approximate surface area is 474 Å². The third-order valence-corrected chi connectivity index (χ3v) is 10.1. The van der Waals surface area contributed by atoms with Gasteiger partial charge in [0.15, 0.2) is 6.29 Å². The first-order chi connectivity index (χ1) is 36.4. The van der Waals surface area contributed by atoms with E-state index in [9.17, 15) is 97.5 Å². The van der Waals surface area contributed by atoms with Gasteiger partial charge in [0, 0.05) is 42.3 Å². The van der Waals surface area contributed by atoms with E-state index in [1.165, 1.54) is 25.8 Å². The molecule has 6 heterocycles. The Morgan fingerprint density at radius 3 is 1.05 bits per heavy atom. The van der Waals surface area contributed by atoms with Crippen LogP contribution >= 0.6 is 76.6 Å². The third-order valence-electron chi connectivity index (χ3n) is 8.40. The molecule has 0 spiro atoms. The number of halogens is 23. The summed E-state index contributed by atoms with van der Waals surface area (Å²) in [6, 6.07) is -2.25. The van der Waals surface area contributed by atoms with Gasteiger partial charge in [-0.1, -0.05) is 34.8 Å². The van der Waals surface area contributed by atoms with Crippen molar-refractivity contribution in [3.63, 3.8) is 0 Å². The van der Waals surface area contributed by atoms with Gasteiger partial charge in [0.1, 0.15) is 78.6 Å². The molecule has 6 aromatic rings. The van der Waals surface area contributed by atoms with Crippen molar-refractivity contribution < 1.29 is 125 Å². The van der Waals surface area contributed by atoms with Gasteiger partial charge in [-0.3, -0.25) is 33.2 Å². The number of aryl methyl sites for hydroxylation is 6. The molecule has 0 saturated heterocycles. The van der Waals surface area contributed by atoms with Crippen LogP contribution in [0.2, 0.25) is 15.5 Å². The van der Waals surface area contributed by atoms with Crippen molar-refractivity contribution in [1.82, 2.24) is 58.7 Å². The predicted octanol–water partition coefficient (Wildman–Crippen LogP) is 8.44. The molecular weight excluding hydrogens is 1460 g/mol. The zero-order chi connectivity index (χ0) is 62.0. The maximum atomic E-state index is 12.9. The summed E-state index contributed by atoms with van der Waals surface area (Å²) in [4.78, 5) is 62.5. The average molecular weight is 1490 g/mol. The predicted molar refractivity (Wildman–Crippen MR) is 244 cm³/mol. The quantitative estimate of drug-likeness (QED) is 0.0505. The first kappa shape index (κ1) is 73.7. The zero-order valence-electron chi connectivity index (χ0n) is 39.1. The van der Waals surface area contributed by atoms with Gasteiger partial charge < -0.3 is 10.2 Å². The average Bonchev–Trinajstić information content (AvgIpc) is 4.15. The first-order valence-corrected chi connectivity index (χ1v) is 28.0. The molecule has 79 heavy (non-hydrogen) atoms. The summed E-state index contributed by atoms with van der Waals surface area (Å²) in [6.45, 7) is -0.853. The Bertz CT molecular complexity index is 2830. The van der Waals surface area contributed by atoms with E-state index in [0.717, 1.165) is 30.5 Å². The van der Waals surface area contributed by atoms with Crippen molar-refractivity contribution in [3.05, 3.63) is 101 Å². The van der Waals surface area contributed by atoms with Gasteiger partial charge in [0.05, 0.1) is 11.1 Å². The molecule has 43 heteroatoms. The number of hydrogen-bond acceptors (Lipinski definition) is 12. The molecule has 0 atom stereocenters. The molecule has 2 N–H and O–H groups in total. The molecule has 0 saturated carbocycles. The molecule has 0 fully saturated rings. The Kier molecular flexibility index (Phi) is 31.2. The van der Waals surface area contributed by atoms with Crippen molar-refractivity contribution in [1.29, 1.82) is 0 Å². The van der Waals surface area contributed by atoms with Crippen molar-refractivity contribution in [2.75, 3.05) is 0 Å². The molecular formula is C36H28Cl5F16I2N12O8-. The second kappa shape index (κ2) is 33.4. The molecule has 0 unspecified atom stereocenters. The van der Waals surface area contributed by atoms with E-state index in [2.05, 4.69) is 30.6 Å². The minimum absolute atomic E-state index is 0.0255. The molecule has 0 amide bonds. The van der Waals surface area contributed by atoms with Crippen molar-refractivity contribution >= 4 is 111 Å². The summed E-state index contributed by atoms with van der Waals surface area (Å²) in [7, 11) is 7.33. The fraction of sp³-hybridized carbons (Fsp3) is 0.333. The number of carboxylic acids is 2. The molecule has 442 valence electrons. The zero-order valence-corrected chi connectivity index (χ0v) is 47.2. The number of aromatic nitrogens is 12. The number of aldehydes is 1. The summed E-state index contributed by atoms with van der Waals surface area (Å²) in [5.74, 6) is -7.09. The first-order valence-electron chi connectivity index (χ1n) is 19.0. The van der Waals surface area contributed by atoms with Crippen LogP contribution in [0.1, 0.15) is 128 Å². The number of hydrogen-bond donors (Lipinski definition) is 2. The van der Waals surface area contributed by atoms with Gasteiger partial charge in [0.25, 0.3) is 42.6 Å². The van der Waals surface area contributed by atoms with Crippen LogP contribution in [0, 0.1) is 17.8 Å². The summed E-state index contributed by atoms with van der Waals surface area (Å²) in [6.07, 6.45) is -14.7. The SMILES string of the molecule is Cn1nc(C(F)F)c(C(=O)Cl)c1F.Cn1nc(C(F)F)c(C(=O)F)c1F.Cn1nc(C(F)F)c(C(=O)O)c1Cl.Cn1nc(C(F)F)c(C(=O)O)c1F.Cn1nc(C(F)F)c(C=O)c1Cl.Cn1nc(CF)c(C(=O)Cl)c1Cl.F[I-]I. The van der Waals surface area contributed by atoms with Crippen molar-refractivity contribution in [2.24, 2.45) is 42.3 Å². The number of alkyl halides is 11. The van der Waals surface area contributed by atoms with Gasteiger partial charge >= 0.3 is 57.3 Å². The van der Waals surface area contributed by atoms with E-state index >= 15 is 0 Å². The second-order valence-corrected chi connectivity index (χ2v) is 17.5. The Morgan fingerprint density at radius 1 is 0.519 bits per heavy atom. The van der Waals surface area contributed by atoms with Crippen LogP contribution in [0.3, 0.4) is 0 Å². The number of carbonyl (C=O) groups is 6.